The van der Waals surface area contributed by atoms with E-state index in [0.717, 1.165) is 16.4 Å². The second-order valence-corrected chi connectivity index (χ2v) is 7.04. The summed E-state index contributed by atoms with van der Waals surface area (Å²) in [5, 5.41) is 0. The second kappa shape index (κ2) is 5.74. The highest BCUT2D eigenvalue weighted by molar-refractivity contribution is 9.10. The molecule has 0 aliphatic rings. The fourth-order valence-electron chi connectivity index (χ4n) is 1.72. The summed E-state index contributed by atoms with van der Waals surface area (Å²) in [4.78, 5) is -1.04. The molecule has 0 bridgehead atoms. The normalized spacial score (nSPS) is 12.0. The smallest absolute Gasteiger partial charge is 0.249 e. The van der Waals surface area contributed by atoms with Gasteiger partial charge in [-0.2, -0.15) is 4.31 Å². The lowest BCUT2D eigenvalue weighted by molar-refractivity contribution is 0.393. The number of halogens is 3. The van der Waals surface area contributed by atoms with Crippen LogP contribution in [0.4, 0.5) is 14.5 Å². The van der Waals surface area contributed by atoms with Gasteiger partial charge >= 0.3 is 0 Å². The van der Waals surface area contributed by atoms with Crippen LogP contribution in [0.2, 0.25) is 0 Å². The first-order valence-corrected chi connectivity index (χ1v) is 7.90. The molecule has 114 valence electrons. The predicted octanol–water partition coefficient (Wildman–Crippen LogP) is 2.72. The first-order chi connectivity index (χ1) is 9.71. The van der Waals surface area contributed by atoms with Gasteiger partial charge in [0, 0.05) is 12.7 Å². The van der Waals surface area contributed by atoms with Crippen molar-refractivity contribution >= 4 is 31.6 Å². The van der Waals surface area contributed by atoms with Gasteiger partial charge in [-0.3, -0.25) is 0 Å². The highest BCUT2D eigenvalue weighted by Crippen LogP contribution is 2.26. The van der Waals surface area contributed by atoms with Crippen LogP contribution in [0.1, 0.15) is 5.76 Å². The van der Waals surface area contributed by atoms with Crippen LogP contribution < -0.4 is 5.73 Å². The summed E-state index contributed by atoms with van der Waals surface area (Å²) in [7, 11) is -3.16. The number of anilines is 1. The van der Waals surface area contributed by atoms with Crippen molar-refractivity contribution in [1.29, 1.82) is 0 Å². The van der Waals surface area contributed by atoms with Gasteiger partial charge in [0.1, 0.15) is 17.4 Å². The second-order valence-electron chi connectivity index (χ2n) is 4.28. The fraction of sp³-hybridized carbons (Fsp3) is 0.167. The Kier molecular flexibility index (Phi) is 4.35. The number of rotatable bonds is 4. The Morgan fingerprint density at radius 3 is 2.33 bits per heavy atom. The minimum Gasteiger partial charge on any atom is -0.453 e. The minimum absolute atomic E-state index is 0.169. The zero-order valence-corrected chi connectivity index (χ0v) is 13.2. The molecule has 1 aromatic heterocycles. The van der Waals surface area contributed by atoms with E-state index in [1.807, 2.05) is 0 Å². The molecule has 0 spiro atoms. The van der Waals surface area contributed by atoms with E-state index in [2.05, 4.69) is 15.9 Å². The topological polar surface area (TPSA) is 76.5 Å². The predicted molar refractivity (Wildman–Crippen MR) is 75.8 cm³/mol. The van der Waals surface area contributed by atoms with Crippen molar-refractivity contribution in [3.8, 4) is 0 Å². The number of sulfonamides is 1. The Balaban J connectivity index is 2.38. The van der Waals surface area contributed by atoms with Crippen LogP contribution in [-0.2, 0) is 16.6 Å². The molecule has 0 radical (unpaired) electrons. The standard InChI is InChI=1S/C12H11BrF2N2O3S/c1-17(6-8-2-3-11(13)20-8)21(18,19)12-9(14)4-7(16)5-10(12)15/h2-5H,6,16H2,1H3. The molecular formula is C12H11BrF2N2O3S. The Labute approximate surface area is 128 Å². The molecule has 2 N–H and O–H groups in total. The third kappa shape index (κ3) is 3.25. The number of hydrogen-bond donors (Lipinski definition) is 1. The number of nitrogens with two attached hydrogens (primary N) is 1. The number of hydrogen-bond acceptors (Lipinski definition) is 4. The van der Waals surface area contributed by atoms with Crippen molar-refractivity contribution in [3.63, 3.8) is 0 Å². The minimum atomic E-state index is -4.35. The monoisotopic (exact) mass is 380 g/mol. The quantitative estimate of drug-likeness (QED) is 0.827. The molecule has 0 saturated carbocycles. The van der Waals surface area contributed by atoms with Crippen LogP contribution in [0.5, 0.6) is 0 Å². The van der Waals surface area contributed by atoms with Crippen molar-refractivity contribution in [2.24, 2.45) is 0 Å². The van der Waals surface area contributed by atoms with Crippen LogP contribution in [-0.4, -0.2) is 19.8 Å². The van der Waals surface area contributed by atoms with Gasteiger partial charge in [0.25, 0.3) is 0 Å². The summed E-state index contributed by atoms with van der Waals surface area (Å²) in [6.45, 7) is -0.169. The van der Waals surface area contributed by atoms with Crippen molar-refractivity contribution in [1.82, 2.24) is 4.31 Å². The molecule has 0 aliphatic heterocycles. The van der Waals surface area contributed by atoms with Gasteiger partial charge in [-0.05, 0) is 40.2 Å². The highest BCUT2D eigenvalue weighted by Gasteiger charge is 2.29. The highest BCUT2D eigenvalue weighted by atomic mass is 79.9. The first kappa shape index (κ1) is 15.9. The van der Waals surface area contributed by atoms with E-state index in [1.165, 1.54) is 7.05 Å². The van der Waals surface area contributed by atoms with Gasteiger partial charge in [-0.1, -0.05) is 0 Å². The van der Waals surface area contributed by atoms with E-state index < -0.39 is 26.6 Å². The lowest BCUT2D eigenvalue weighted by Gasteiger charge is -2.17. The van der Waals surface area contributed by atoms with Crippen molar-refractivity contribution in [2.75, 3.05) is 12.8 Å². The number of nitrogens with zero attached hydrogens (tertiary/aromatic N) is 1. The van der Waals surface area contributed by atoms with E-state index in [1.54, 1.807) is 12.1 Å². The van der Waals surface area contributed by atoms with Gasteiger partial charge < -0.3 is 10.2 Å². The average molecular weight is 381 g/mol. The maximum Gasteiger partial charge on any atom is 0.249 e. The SMILES string of the molecule is CN(Cc1ccc(Br)o1)S(=O)(=O)c1c(F)cc(N)cc1F. The Morgan fingerprint density at radius 2 is 1.86 bits per heavy atom. The van der Waals surface area contributed by atoms with Gasteiger partial charge in [0.05, 0.1) is 6.54 Å². The maximum atomic E-state index is 13.8. The Morgan fingerprint density at radius 1 is 1.29 bits per heavy atom. The summed E-state index contributed by atoms with van der Waals surface area (Å²) in [6.07, 6.45) is 0. The van der Waals surface area contributed by atoms with E-state index in [4.69, 9.17) is 10.2 Å². The Bertz CT molecular complexity index is 754. The lowest BCUT2D eigenvalue weighted by Crippen LogP contribution is -2.28. The molecule has 0 saturated heterocycles. The molecule has 0 amide bonds. The van der Waals surface area contributed by atoms with Crippen molar-refractivity contribution in [3.05, 3.63) is 46.3 Å². The molecule has 1 aromatic carbocycles. The molecule has 2 rings (SSSR count). The summed E-state index contributed by atoms with van der Waals surface area (Å²) in [5.74, 6) is -2.15. The van der Waals surface area contributed by atoms with E-state index in [-0.39, 0.29) is 12.2 Å². The molecule has 0 unspecified atom stereocenters. The van der Waals surface area contributed by atoms with Crippen LogP contribution >= 0.6 is 15.9 Å². The summed E-state index contributed by atoms with van der Waals surface area (Å²) in [6, 6.07) is 4.65. The summed E-state index contributed by atoms with van der Waals surface area (Å²) < 4.78 is 58.4. The zero-order chi connectivity index (χ0) is 15.8. The van der Waals surface area contributed by atoms with Gasteiger partial charge in [0.15, 0.2) is 9.56 Å². The number of nitrogen functional groups attached to an aromatic ring is 1. The number of furan rings is 1. The van der Waals surface area contributed by atoms with E-state index in [0.29, 0.717) is 10.4 Å². The Hall–Kier alpha value is -1.45. The molecule has 0 fully saturated rings. The fourth-order valence-corrected chi connectivity index (χ4v) is 3.28. The summed E-state index contributed by atoms with van der Waals surface area (Å²) >= 11 is 3.08. The van der Waals surface area contributed by atoms with Crippen molar-refractivity contribution in [2.45, 2.75) is 11.4 Å². The zero-order valence-electron chi connectivity index (χ0n) is 10.8. The van der Waals surface area contributed by atoms with Gasteiger partial charge in [-0.25, -0.2) is 17.2 Å². The summed E-state index contributed by atoms with van der Waals surface area (Å²) in [5.41, 5.74) is 5.07. The lowest BCUT2D eigenvalue weighted by atomic mass is 10.3. The van der Waals surface area contributed by atoms with E-state index >= 15 is 0 Å². The van der Waals surface area contributed by atoms with E-state index in [9.17, 15) is 17.2 Å². The average Bonchev–Trinajstić information content (AvgIpc) is 2.72. The van der Waals surface area contributed by atoms with Gasteiger partial charge in [-0.15, -0.1) is 0 Å². The molecule has 5 nitrogen and oxygen atoms in total. The number of benzene rings is 1. The third-order valence-electron chi connectivity index (χ3n) is 2.70. The largest absolute Gasteiger partial charge is 0.453 e. The molecule has 21 heavy (non-hydrogen) atoms. The molecule has 0 atom stereocenters. The maximum absolute atomic E-state index is 13.8. The third-order valence-corrected chi connectivity index (χ3v) is 4.98. The molecule has 1 heterocycles. The van der Waals surface area contributed by atoms with Crippen LogP contribution in [0.25, 0.3) is 0 Å². The van der Waals surface area contributed by atoms with Crippen molar-refractivity contribution < 1.29 is 21.6 Å². The molecular weight excluding hydrogens is 370 g/mol. The first-order valence-electron chi connectivity index (χ1n) is 5.67. The van der Waals surface area contributed by atoms with Gasteiger partial charge in [0.2, 0.25) is 10.0 Å². The molecule has 2 aromatic rings. The molecule has 0 aliphatic carbocycles. The van der Waals surface area contributed by atoms with Crippen LogP contribution in [0.3, 0.4) is 0 Å². The van der Waals surface area contributed by atoms with Crippen LogP contribution in [0.15, 0.2) is 38.2 Å². The van der Waals surface area contributed by atoms with Crippen LogP contribution in [0, 0.1) is 11.6 Å². The molecule has 9 heteroatoms.